The molecular weight excluding hydrogens is 152 g/mol. The van der Waals surface area contributed by atoms with Crippen LogP contribution in [0.1, 0.15) is 26.7 Å². The molecule has 0 atom stereocenters. The molecule has 0 nitrogen and oxygen atoms in total. The third kappa shape index (κ3) is 5.10. The fourth-order valence-electron chi connectivity index (χ4n) is 0.736. The molecule has 0 bridgehead atoms. The van der Waals surface area contributed by atoms with E-state index in [-0.39, 0.29) is 0 Å². The molecule has 2 heteroatoms. The van der Waals surface area contributed by atoms with E-state index in [1.807, 2.05) is 11.8 Å². The van der Waals surface area contributed by atoms with Gasteiger partial charge >= 0.3 is 0 Å². The van der Waals surface area contributed by atoms with Gasteiger partial charge in [0.2, 0.25) is 0 Å². The van der Waals surface area contributed by atoms with Crippen LogP contribution in [-0.4, -0.2) is 16.9 Å². The van der Waals surface area contributed by atoms with Crippen molar-refractivity contribution in [1.82, 2.24) is 0 Å². The topological polar surface area (TPSA) is 0 Å². The van der Waals surface area contributed by atoms with Gasteiger partial charge in [0.05, 0.1) is 0 Å². The average Bonchev–Trinajstić information content (AvgIpc) is 1.91. The van der Waals surface area contributed by atoms with Gasteiger partial charge in [-0.15, -0.1) is 11.6 Å². The highest BCUT2D eigenvalue weighted by Gasteiger charge is 2.00. The summed E-state index contributed by atoms with van der Waals surface area (Å²) in [6.45, 7) is 4.46. The smallest absolute Gasteiger partial charge is 0.0314 e. The van der Waals surface area contributed by atoms with E-state index in [1.165, 1.54) is 12.8 Å². The minimum Gasteiger partial charge on any atom is -0.157 e. The fourth-order valence-corrected chi connectivity index (χ4v) is 1.90. The first kappa shape index (κ1) is 9.64. The van der Waals surface area contributed by atoms with Crippen molar-refractivity contribution >= 4 is 23.4 Å². The zero-order chi connectivity index (χ0) is 7.11. The molecule has 9 heavy (non-hydrogen) atoms. The number of rotatable bonds is 5. The highest BCUT2D eigenvalue weighted by atomic mass is 35.5. The molecule has 56 valence electrons. The standard InChI is InChI=1S/C7H15ClS/c1-3-7(4-2)9-6-5-8/h7H,3-6H2,1-2H3. The number of hydrogen-bond donors (Lipinski definition) is 0. The van der Waals surface area contributed by atoms with Crippen LogP contribution >= 0.6 is 23.4 Å². The maximum atomic E-state index is 5.54. The highest BCUT2D eigenvalue weighted by Crippen LogP contribution is 2.17. The Bertz CT molecular complexity index is 52.9. The zero-order valence-electron chi connectivity index (χ0n) is 6.19. The maximum absolute atomic E-state index is 5.54. The van der Waals surface area contributed by atoms with E-state index in [2.05, 4.69) is 13.8 Å². The summed E-state index contributed by atoms with van der Waals surface area (Å²) in [5.41, 5.74) is 0. The Kier molecular flexibility index (Phi) is 7.24. The molecular formula is C7H15ClS. The molecule has 0 aromatic rings. The first-order chi connectivity index (χ1) is 4.35. The quantitative estimate of drug-likeness (QED) is 0.566. The van der Waals surface area contributed by atoms with Gasteiger partial charge < -0.3 is 0 Å². The molecule has 0 aromatic carbocycles. The monoisotopic (exact) mass is 166 g/mol. The molecule has 0 aliphatic heterocycles. The molecule has 0 aliphatic rings. The summed E-state index contributed by atoms with van der Waals surface area (Å²) in [5.74, 6) is 1.90. The molecule has 0 saturated carbocycles. The SMILES string of the molecule is CCC(CC)SCCCl. The molecule has 0 radical (unpaired) electrons. The van der Waals surface area contributed by atoms with E-state index >= 15 is 0 Å². The predicted octanol–water partition coefficient (Wildman–Crippen LogP) is 3.15. The summed E-state index contributed by atoms with van der Waals surface area (Å²) >= 11 is 7.53. The van der Waals surface area contributed by atoms with Gasteiger partial charge in [-0.1, -0.05) is 13.8 Å². The van der Waals surface area contributed by atoms with E-state index < -0.39 is 0 Å². The lowest BCUT2D eigenvalue weighted by molar-refractivity contribution is 0.793. The molecule has 0 fully saturated rings. The van der Waals surface area contributed by atoms with Crippen LogP contribution < -0.4 is 0 Å². The van der Waals surface area contributed by atoms with Crippen molar-refractivity contribution in [3.63, 3.8) is 0 Å². The highest BCUT2D eigenvalue weighted by molar-refractivity contribution is 7.99. The molecule has 0 spiro atoms. The van der Waals surface area contributed by atoms with E-state index in [0.29, 0.717) is 0 Å². The number of halogens is 1. The van der Waals surface area contributed by atoms with Crippen molar-refractivity contribution < 1.29 is 0 Å². The third-order valence-corrected chi connectivity index (χ3v) is 3.33. The van der Waals surface area contributed by atoms with Crippen LogP contribution in [-0.2, 0) is 0 Å². The van der Waals surface area contributed by atoms with Gasteiger partial charge in [-0.3, -0.25) is 0 Å². The lowest BCUT2D eigenvalue weighted by atomic mass is 10.3. The van der Waals surface area contributed by atoms with Crippen LogP contribution in [0.5, 0.6) is 0 Å². The van der Waals surface area contributed by atoms with Gasteiger partial charge in [0.15, 0.2) is 0 Å². The Morgan fingerprint density at radius 1 is 1.33 bits per heavy atom. The van der Waals surface area contributed by atoms with E-state index in [9.17, 15) is 0 Å². The Labute approximate surface area is 67.4 Å². The van der Waals surface area contributed by atoms with Gasteiger partial charge in [0.1, 0.15) is 0 Å². The zero-order valence-corrected chi connectivity index (χ0v) is 7.76. The van der Waals surface area contributed by atoms with Crippen molar-refractivity contribution in [3.8, 4) is 0 Å². The van der Waals surface area contributed by atoms with Crippen LogP contribution in [0.15, 0.2) is 0 Å². The van der Waals surface area contributed by atoms with E-state index in [1.54, 1.807) is 0 Å². The summed E-state index contributed by atoms with van der Waals surface area (Å²) in [5, 5.41) is 0.837. The van der Waals surface area contributed by atoms with Crippen molar-refractivity contribution in [2.45, 2.75) is 31.9 Å². The first-order valence-corrected chi connectivity index (χ1v) is 5.11. The Morgan fingerprint density at radius 3 is 2.22 bits per heavy atom. The Morgan fingerprint density at radius 2 is 1.89 bits per heavy atom. The molecule has 0 unspecified atom stereocenters. The van der Waals surface area contributed by atoms with Gasteiger partial charge in [-0.05, 0) is 12.8 Å². The van der Waals surface area contributed by atoms with Crippen LogP contribution in [0.2, 0.25) is 0 Å². The molecule has 0 rings (SSSR count). The van der Waals surface area contributed by atoms with Gasteiger partial charge in [0, 0.05) is 16.9 Å². The van der Waals surface area contributed by atoms with Crippen molar-refractivity contribution in [2.24, 2.45) is 0 Å². The molecule has 0 amide bonds. The second kappa shape index (κ2) is 6.76. The Hall–Kier alpha value is 0.640. The van der Waals surface area contributed by atoms with Crippen LogP contribution in [0.4, 0.5) is 0 Å². The minimum atomic E-state index is 0.793. The average molecular weight is 167 g/mol. The number of alkyl halides is 1. The molecule has 0 saturated heterocycles. The lowest BCUT2D eigenvalue weighted by Crippen LogP contribution is -1.99. The maximum Gasteiger partial charge on any atom is 0.0314 e. The largest absolute Gasteiger partial charge is 0.157 e. The first-order valence-electron chi connectivity index (χ1n) is 3.52. The summed E-state index contributed by atoms with van der Waals surface area (Å²) < 4.78 is 0. The predicted molar refractivity (Wildman–Crippen MR) is 47.5 cm³/mol. The van der Waals surface area contributed by atoms with Gasteiger partial charge in [-0.2, -0.15) is 11.8 Å². The van der Waals surface area contributed by atoms with Gasteiger partial charge in [-0.25, -0.2) is 0 Å². The molecule has 0 aliphatic carbocycles. The van der Waals surface area contributed by atoms with Crippen molar-refractivity contribution in [1.29, 1.82) is 0 Å². The second-order valence-corrected chi connectivity index (χ2v) is 3.78. The second-order valence-electron chi connectivity index (χ2n) is 2.00. The van der Waals surface area contributed by atoms with Crippen LogP contribution in [0, 0.1) is 0 Å². The van der Waals surface area contributed by atoms with Crippen molar-refractivity contribution in [2.75, 3.05) is 11.6 Å². The Balaban J connectivity index is 3.09. The summed E-state index contributed by atoms with van der Waals surface area (Å²) in [7, 11) is 0. The summed E-state index contributed by atoms with van der Waals surface area (Å²) in [4.78, 5) is 0. The van der Waals surface area contributed by atoms with Crippen LogP contribution in [0.25, 0.3) is 0 Å². The number of thioether (sulfide) groups is 1. The minimum absolute atomic E-state index is 0.793. The molecule has 0 heterocycles. The van der Waals surface area contributed by atoms with Gasteiger partial charge in [0.25, 0.3) is 0 Å². The van der Waals surface area contributed by atoms with Crippen molar-refractivity contribution in [3.05, 3.63) is 0 Å². The lowest BCUT2D eigenvalue weighted by Gasteiger charge is -2.09. The molecule has 0 aromatic heterocycles. The summed E-state index contributed by atoms with van der Waals surface area (Å²) in [6.07, 6.45) is 2.55. The third-order valence-electron chi connectivity index (χ3n) is 1.34. The fraction of sp³-hybridized carbons (Fsp3) is 1.00. The van der Waals surface area contributed by atoms with Crippen LogP contribution in [0.3, 0.4) is 0 Å². The number of hydrogen-bond acceptors (Lipinski definition) is 1. The normalized spacial score (nSPS) is 10.7. The molecule has 0 N–H and O–H groups in total. The van der Waals surface area contributed by atoms with E-state index in [4.69, 9.17) is 11.6 Å². The summed E-state index contributed by atoms with van der Waals surface area (Å²) in [6, 6.07) is 0. The van der Waals surface area contributed by atoms with E-state index in [0.717, 1.165) is 16.9 Å².